The SMILES string of the molecule is [2H]C1([2H])c2c(N)cccc2C(=O)N1[C@]1([2H])C(=O)NC(=C)CC1([2H])[2H]. The van der Waals surface area contributed by atoms with Crippen LogP contribution in [0, 0.1) is 0 Å². The van der Waals surface area contributed by atoms with Gasteiger partial charge in [-0.2, -0.15) is 0 Å². The summed E-state index contributed by atoms with van der Waals surface area (Å²) >= 11 is 0. The molecule has 19 heavy (non-hydrogen) atoms. The molecule has 0 radical (unpaired) electrons. The first-order valence-corrected chi connectivity index (χ1v) is 5.67. The van der Waals surface area contributed by atoms with Gasteiger partial charge in [-0.25, -0.2) is 0 Å². The topological polar surface area (TPSA) is 75.4 Å². The van der Waals surface area contributed by atoms with Crippen LogP contribution in [0.25, 0.3) is 0 Å². The second-order valence-corrected chi connectivity index (χ2v) is 4.28. The first kappa shape index (κ1) is 7.33. The first-order valence-electron chi connectivity index (χ1n) is 8.17. The maximum atomic E-state index is 12.7. The minimum Gasteiger partial charge on any atom is -0.398 e. The maximum absolute atomic E-state index is 12.7. The van der Waals surface area contributed by atoms with Crippen molar-refractivity contribution in [3.8, 4) is 0 Å². The van der Waals surface area contributed by atoms with Gasteiger partial charge in [-0.05, 0) is 24.9 Å². The molecule has 1 atom stereocenters. The molecule has 0 spiro atoms. The van der Waals surface area contributed by atoms with Gasteiger partial charge in [0.25, 0.3) is 5.91 Å². The Bertz CT molecular complexity index is 795. The fourth-order valence-electron chi connectivity index (χ4n) is 2.03. The molecule has 2 aliphatic rings. The highest BCUT2D eigenvalue weighted by Crippen LogP contribution is 2.31. The van der Waals surface area contributed by atoms with E-state index in [-0.39, 0.29) is 22.5 Å². The molecule has 0 unspecified atom stereocenters. The van der Waals surface area contributed by atoms with Gasteiger partial charge in [0.05, 0.1) is 4.11 Å². The number of rotatable bonds is 1. The van der Waals surface area contributed by atoms with Gasteiger partial charge in [-0.15, -0.1) is 0 Å². The number of hydrogen-bond acceptors (Lipinski definition) is 3. The Kier molecular flexibility index (Phi) is 1.59. The van der Waals surface area contributed by atoms with Crippen molar-refractivity contribution in [3.05, 3.63) is 41.6 Å². The summed E-state index contributed by atoms with van der Waals surface area (Å²) in [7, 11) is 0. The maximum Gasteiger partial charge on any atom is 0.255 e. The zero-order chi connectivity index (χ0) is 18.1. The summed E-state index contributed by atoms with van der Waals surface area (Å²) in [6.45, 7) is 0.881. The third-order valence-electron chi connectivity index (χ3n) is 2.95. The molecule has 0 saturated carbocycles. The molecule has 2 amide bonds. The number of benzene rings is 1. The second kappa shape index (κ2) is 4.12. The molecular formula is C14H15N3O2. The van der Waals surface area contributed by atoms with Crippen LogP contribution in [0.2, 0.25) is 0 Å². The number of nitrogens with zero attached hydrogens (tertiary/aromatic N) is 1. The fourth-order valence-corrected chi connectivity index (χ4v) is 2.03. The van der Waals surface area contributed by atoms with Crippen LogP contribution in [0.4, 0.5) is 5.69 Å². The van der Waals surface area contributed by atoms with E-state index in [4.69, 9.17) is 12.6 Å². The van der Waals surface area contributed by atoms with E-state index in [2.05, 4.69) is 11.9 Å². The standard InChI is InChI=1S/C14H15N3O2/c1-8-5-6-12(13(18)16-8)17-7-10-9(14(17)19)3-2-4-11(10)15/h2-4,12H,1,5-7,15H2,(H,16,18)/t12-/m0/s1/i6D2,7D2,12D. The van der Waals surface area contributed by atoms with Crippen LogP contribution in [0.1, 0.15) is 35.6 Å². The quantitative estimate of drug-likeness (QED) is 0.742. The van der Waals surface area contributed by atoms with Crippen LogP contribution in [0.3, 0.4) is 0 Å². The van der Waals surface area contributed by atoms with Crippen molar-refractivity contribution < 1.29 is 16.4 Å². The molecular weight excluding hydrogens is 242 g/mol. The molecule has 0 bridgehead atoms. The molecule has 5 nitrogen and oxygen atoms in total. The molecule has 1 aromatic carbocycles. The van der Waals surface area contributed by atoms with Crippen molar-refractivity contribution in [2.75, 3.05) is 5.73 Å². The van der Waals surface area contributed by atoms with E-state index < -0.39 is 37.1 Å². The normalized spacial score (nSPS) is 35.5. The number of fused-ring (bicyclic) bond motifs is 1. The number of nitrogen functional groups attached to an aromatic ring is 1. The van der Waals surface area contributed by atoms with Gasteiger partial charge in [0, 0.05) is 31.7 Å². The van der Waals surface area contributed by atoms with Crippen molar-refractivity contribution in [1.29, 1.82) is 0 Å². The smallest absolute Gasteiger partial charge is 0.255 e. The molecule has 2 heterocycles. The molecule has 98 valence electrons. The fraction of sp³-hybridized carbons (Fsp3) is 0.286. The van der Waals surface area contributed by atoms with Gasteiger partial charge in [0.15, 0.2) is 0 Å². The van der Waals surface area contributed by atoms with Crippen LogP contribution >= 0.6 is 0 Å². The predicted molar refractivity (Wildman–Crippen MR) is 71.0 cm³/mol. The molecule has 1 aromatic rings. The average molecular weight is 262 g/mol. The molecule has 0 aromatic heterocycles. The number of nitrogens with two attached hydrogens (primary N) is 1. The lowest BCUT2D eigenvalue weighted by molar-refractivity contribution is -0.126. The lowest BCUT2D eigenvalue weighted by Gasteiger charge is -2.30. The summed E-state index contributed by atoms with van der Waals surface area (Å²) in [5.41, 5.74) is 5.60. The van der Waals surface area contributed by atoms with E-state index in [1.165, 1.54) is 18.2 Å². The highest BCUT2D eigenvalue weighted by atomic mass is 16.2. The number of nitrogens with one attached hydrogen (secondary N) is 1. The monoisotopic (exact) mass is 262 g/mol. The third-order valence-corrected chi connectivity index (χ3v) is 2.95. The average Bonchev–Trinajstić information content (AvgIpc) is 2.64. The number of anilines is 1. The minimum atomic E-state index is -2.81. The van der Waals surface area contributed by atoms with Gasteiger partial charge >= 0.3 is 0 Å². The van der Waals surface area contributed by atoms with E-state index in [0.29, 0.717) is 4.90 Å². The second-order valence-electron chi connectivity index (χ2n) is 4.28. The van der Waals surface area contributed by atoms with Gasteiger partial charge in [-0.1, -0.05) is 12.6 Å². The summed E-state index contributed by atoms with van der Waals surface area (Å²) in [6.07, 6.45) is -2.94. The number of carbonyl (C=O) groups excluding carboxylic acids is 2. The van der Waals surface area contributed by atoms with E-state index in [0.717, 1.165) is 0 Å². The highest BCUT2D eigenvalue weighted by molar-refractivity contribution is 6.02. The zero-order valence-electron chi connectivity index (χ0n) is 15.0. The van der Waals surface area contributed by atoms with Crippen LogP contribution in [0.15, 0.2) is 30.5 Å². The lowest BCUT2D eigenvalue weighted by atomic mass is 10.0. The van der Waals surface area contributed by atoms with Crippen molar-refractivity contribution >= 4 is 17.5 Å². The van der Waals surface area contributed by atoms with E-state index in [1.807, 2.05) is 0 Å². The van der Waals surface area contributed by atoms with Gasteiger partial charge < -0.3 is 16.0 Å². The number of carbonyl (C=O) groups is 2. The predicted octanol–water partition coefficient (Wildman–Crippen LogP) is 1.02. The Morgan fingerprint density at radius 1 is 1.53 bits per heavy atom. The Hall–Kier alpha value is -2.30. The van der Waals surface area contributed by atoms with E-state index in [1.54, 1.807) is 0 Å². The van der Waals surface area contributed by atoms with Crippen molar-refractivity contribution in [1.82, 2.24) is 10.2 Å². The third kappa shape index (κ3) is 1.78. The minimum absolute atomic E-state index is 0.00172. The number of hydrogen-bond donors (Lipinski definition) is 2. The molecule has 3 N–H and O–H groups in total. The van der Waals surface area contributed by atoms with Gasteiger partial charge in [-0.3, -0.25) is 9.59 Å². The number of amides is 2. The number of piperidine rings is 1. The van der Waals surface area contributed by atoms with Crippen molar-refractivity contribution in [2.24, 2.45) is 0 Å². The van der Waals surface area contributed by atoms with Crippen LogP contribution in [0.5, 0.6) is 0 Å². The van der Waals surface area contributed by atoms with E-state index >= 15 is 0 Å². The summed E-state index contributed by atoms with van der Waals surface area (Å²) in [5.74, 6) is -2.10. The van der Waals surface area contributed by atoms with Gasteiger partial charge in [0.2, 0.25) is 5.91 Å². The van der Waals surface area contributed by atoms with Gasteiger partial charge in [0.1, 0.15) is 6.02 Å². The molecule has 5 heteroatoms. The summed E-state index contributed by atoms with van der Waals surface area (Å²) < 4.78 is 41.2. The van der Waals surface area contributed by atoms with Crippen LogP contribution in [-0.4, -0.2) is 22.7 Å². The Morgan fingerprint density at radius 2 is 2.32 bits per heavy atom. The molecule has 0 aliphatic carbocycles. The van der Waals surface area contributed by atoms with Crippen molar-refractivity contribution in [2.45, 2.75) is 25.3 Å². The zero-order valence-corrected chi connectivity index (χ0v) is 9.99. The molecule has 1 saturated heterocycles. The lowest BCUT2D eigenvalue weighted by Crippen LogP contribution is -2.49. The Labute approximate surface area is 118 Å². The highest BCUT2D eigenvalue weighted by Gasteiger charge is 2.38. The van der Waals surface area contributed by atoms with Crippen molar-refractivity contribution in [3.63, 3.8) is 0 Å². The summed E-state index contributed by atoms with van der Waals surface area (Å²) in [5, 5.41) is 2.25. The Balaban J connectivity index is 2.23. The number of allylic oxidation sites excluding steroid dienone is 1. The molecule has 1 fully saturated rings. The summed E-state index contributed by atoms with van der Waals surface area (Å²) in [6, 6.07) is 1.39. The summed E-state index contributed by atoms with van der Waals surface area (Å²) in [4.78, 5) is 25.5. The van der Waals surface area contributed by atoms with E-state index in [9.17, 15) is 9.59 Å². The molecule has 3 rings (SSSR count). The largest absolute Gasteiger partial charge is 0.398 e. The first-order chi connectivity index (χ1) is 10.9. The molecule has 2 aliphatic heterocycles. The van der Waals surface area contributed by atoms with Crippen LogP contribution in [-0.2, 0) is 11.3 Å². The van der Waals surface area contributed by atoms with Crippen LogP contribution < -0.4 is 11.1 Å². The Morgan fingerprint density at radius 3 is 3.00 bits per heavy atom.